The quantitative estimate of drug-likeness (QED) is 0.0782. The summed E-state index contributed by atoms with van der Waals surface area (Å²) in [6.45, 7) is -1.23. The van der Waals surface area contributed by atoms with Gasteiger partial charge in [-0.2, -0.15) is 11.8 Å². The second kappa shape index (κ2) is 17.1. The number of carbonyl (C=O) groups excluding carboxylic acids is 2. The highest BCUT2D eigenvalue weighted by Crippen LogP contribution is 2.23. The average molecular weight is 605 g/mol. The van der Waals surface area contributed by atoms with Gasteiger partial charge in [-0.25, -0.2) is 0 Å². The fourth-order valence-electron chi connectivity index (χ4n) is 3.60. The van der Waals surface area contributed by atoms with E-state index in [1.165, 1.54) is 18.0 Å². The summed E-state index contributed by atoms with van der Waals surface area (Å²) in [7, 11) is 0. The molecule has 1 saturated heterocycles. The normalized spacial score (nSPS) is 23.8. The molecule has 41 heavy (non-hydrogen) atoms. The Kier molecular flexibility index (Phi) is 14.3. The maximum atomic E-state index is 12.4. The van der Waals surface area contributed by atoms with E-state index in [0.717, 1.165) is 0 Å². The zero-order valence-electron chi connectivity index (χ0n) is 22.0. The van der Waals surface area contributed by atoms with Crippen LogP contribution in [0.2, 0.25) is 0 Å². The predicted molar refractivity (Wildman–Crippen MR) is 141 cm³/mol. The van der Waals surface area contributed by atoms with Crippen molar-refractivity contribution in [3.05, 3.63) is 29.6 Å². The number of rotatable bonds is 17. The predicted octanol–water partition coefficient (Wildman–Crippen LogP) is -3.45. The molecule has 1 aromatic rings. The lowest BCUT2D eigenvalue weighted by atomic mass is 9.99. The highest BCUT2D eigenvalue weighted by Gasteiger charge is 2.44. The molecule has 0 saturated carbocycles. The number of carbonyl (C=O) groups is 4. The van der Waals surface area contributed by atoms with Gasteiger partial charge in [-0.1, -0.05) is 6.07 Å². The topological polar surface area (TPSA) is 271 Å². The Bertz CT molecular complexity index is 1010. The molecule has 230 valence electrons. The number of hydrogen-bond donors (Lipinski definition) is 9. The van der Waals surface area contributed by atoms with E-state index in [1.807, 2.05) is 0 Å². The molecule has 2 amide bonds. The van der Waals surface area contributed by atoms with Crippen molar-refractivity contribution in [2.45, 2.75) is 68.7 Å². The van der Waals surface area contributed by atoms with Crippen LogP contribution in [0.25, 0.3) is 0 Å². The van der Waals surface area contributed by atoms with E-state index >= 15 is 0 Å². The van der Waals surface area contributed by atoms with E-state index in [9.17, 15) is 39.6 Å². The number of aromatic nitrogens is 1. The van der Waals surface area contributed by atoms with Crippen molar-refractivity contribution < 1.29 is 59.3 Å². The van der Waals surface area contributed by atoms with Gasteiger partial charge in [0.05, 0.1) is 13.2 Å². The number of ether oxygens (including phenoxy) is 2. The van der Waals surface area contributed by atoms with Crippen molar-refractivity contribution in [2.75, 3.05) is 24.7 Å². The van der Waals surface area contributed by atoms with Gasteiger partial charge >= 0.3 is 11.9 Å². The van der Waals surface area contributed by atoms with E-state index in [2.05, 4.69) is 15.6 Å². The van der Waals surface area contributed by atoms with E-state index in [0.29, 0.717) is 23.4 Å². The lowest BCUT2D eigenvalue weighted by molar-refractivity contribution is -0.304. The lowest BCUT2D eigenvalue weighted by Crippen LogP contribution is -2.59. The van der Waals surface area contributed by atoms with E-state index in [4.69, 9.17) is 25.4 Å². The first-order valence-electron chi connectivity index (χ1n) is 12.6. The monoisotopic (exact) mass is 604 g/mol. The Labute approximate surface area is 239 Å². The number of thioether (sulfide) groups is 1. The second-order valence-corrected chi connectivity index (χ2v) is 10.4. The summed E-state index contributed by atoms with van der Waals surface area (Å²) in [5.74, 6) is -3.19. The smallest absolute Gasteiger partial charge is 0.322 e. The Balaban J connectivity index is 1.82. The SMILES string of the molecule is NC(CCC(=O)NC(CSCCc1ccc(CO[C@H]2OC(CO)[C@H](O)C(O)C2O)cn1)C(=O)NCC(=O)O)C(=O)O. The van der Waals surface area contributed by atoms with Gasteiger partial charge in [-0.3, -0.25) is 24.2 Å². The Hall–Kier alpha value is -2.90. The van der Waals surface area contributed by atoms with Crippen LogP contribution in [-0.2, 0) is 41.7 Å². The van der Waals surface area contributed by atoms with Crippen molar-refractivity contribution >= 4 is 35.5 Å². The van der Waals surface area contributed by atoms with Crippen molar-refractivity contribution in [1.82, 2.24) is 15.6 Å². The molecule has 2 rings (SSSR count). The molecule has 0 aliphatic carbocycles. The lowest BCUT2D eigenvalue weighted by Gasteiger charge is -2.39. The van der Waals surface area contributed by atoms with Crippen molar-refractivity contribution in [3.63, 3.8) is 0 Å². The number of aliphatic hydroxyl groups is 4. The molecule has 5 unspecified atom stereocenters. The van der Waals surface area contributed by atoms with Crippen LogP contribution in [0.4, 0.5) is 0 Å². The molecule has 0 radical (unpaired) electrons. The van der Waals surface area contributed by atoms with Gasteiger partial charge in [0.1, 0.15) is 43.0 Å². The highest BCUT2D eigenvalue weighted by atomic mass is 32.2. The maximum Gasteiger partial charge on any atom is 0.322 e. The van der Waals surface area contributed by atoms with Crippen LogP contribution in [0, 0.1) is 0 Å². The zero-order chi connectivity index (χ0) is 30.5. The molecule has 1 aliphatic heterocycles. The van der Waals surface area contributed by atoms with Gasteiger partial charge in [0, 0.05) is 24.1 Å². The number of nitrogens with zero attached hydrogens (tertiary/aromatic N) is 1. The largest absolute Gasteiger partial charge is 0.480 e. The maximum absolute atomic E-state index is 12.4. The van der Waals surface area contributed by atoms with E-state index < -0.39 is 79.7 Å². The van der Waals surface area contributed by atoms with E-state index in [-0.39, 0.29) is 25.2 Å². The molecule has 10 N–H and O–H groups in total. The average Bonchev–Trinajstić information content (AvgIpc) is 2.95. The number of aryl methyl sites for hydroxylation is 1. The van der Waals surface area contributed by atoms with E-state index in [1.54, 1.807) is 12.1 Å². The molecule has 17 heteroatoms. The summed E-state index contributed by atoms with van der Waals surface area (Å²) in [5.41, 5.74) is 6.72. The van der Waals surface area contributed by atoms with Crippen LogP contribution in [0.15, 0.2) is 18.3 Å². The summed E-state index contributed by atoms with van der Waals surface area (Å²) >= 11 is 1.31. The summed E-state index contributed by atoms with van der Waals surface area (Å²) in [5, 5.41) is 61.3. The molecular formula is C24H36N4O12S. The molecule has 1 aliphatic rings. The molecule has 0 spiro atoms. The summed E-state index contributed by atoms with van der Waals surface area (Å²) in [6.07, 6.45) is -5.22. The Morgan fingerprint density at radius 1 is 1.12 bits per heavy atom. The summed E-state index contributed by atoms with van der Waals surface area (Å²) < 4.78 is 10.8. The van der Waals surface area contributed by atoms with Crippen LogP contribution in [-0.4, -0.2) is 127 Å². The minimum absolute atomic E-state index is 0.0328. The number of carboxylic acid groups (broad SMARTS) is 2. The van der Waals surface area contributed by atoms with Crippen molar-refractivity contribution in [2.24, 2.45) is 5.73 Å². The minimum atomic E-state index is -1.55. The number of nitrogens with two attached hydrogens (primary N) is 1. The van der Waals surface area contributed by atoms with Gasteiger partial charge in [0.25, 0.3) is 0 Å². The number of nitrogens with one attached hydrogen (secondary N) is 2. The number of aliphatic hydroxyl groups excluding tert-OH is 4. The number of pyridine rings is 1. The fourth-order valence-corrected chi connectivity index (χ4v) is 4.59. The van der Waals surface area contributed by atoms with Crippen LogP contribution >= 0.6 is 11.8 Å². The first-order valence-corrected chi connectivity index (χ1v) is 13.8. The fraction of sp³-hybridized carbons (Fsp3) is 0.625. The van der Waals surface area contributed by atoms with Crippen LogP contribution in [0.1, 0.15) is 24.1 Å². The third-order valence-electron chi connectivity index (χ3n) is 6.00. The third kappa shape index (κ3) is 11.5. The first kappa shape index (κ1) is 34.3. The molecule has 1 fully saturated rings. The number of carboxylic acids is 2. The van der Waals surface area contributed by atoms with Gasteiger partial charge in [-0.05, 0) is 30.2 Å². The van der Waals surface area contributed by atoms with Crippen LogP contribution in [0.3, 0.4) is 0 Å². The first-order chi connectivity index (χ1) is 19.4. The standard InChI is InChI=1S/C24H36N4O12S/c25-14(23(37)38)3-4-17(30)28-15(22(36)27-8-18(31)32)11-41-6-5-13-2-1-12(7-26-13)10-39-24-21(35)20(34)19(33)16(9-29)40-24/h1-2,7,14-16,19-21,24,29,33-35H,3-6,8-11,25H2,(H,27,36)(H,28,30)(H,31,32)(H,37,38)/t14?,15?,16?,19-,20?,21?,24-/m0/s1. The molecule has 0 aromatic carbocycles. The van der Waals surface area contributed by atoms with Gasteiger partial charge in [0.2, 0.25) is 11.8 Å². The van der Waals surface area contributed by atoms with Gasteiger partial charge < -0.3 is 56.5 Å². The summed E-state index contributed by atoms with van der Waals surface area (Å²) in [6, 6.07) is 1.17. The number of amides is 2. The molecule has 16 nitrogen and oxygen atoms in total. The van der Waals surface area contributed by atoms with Crippen molar-refractivity contribution in [1.29, 1.82) is 0 Å². The molecule has 1 aromatic heterocycles. The van der Waals surface area contributed by atoms with Gasteiger partial charge in [0.15, 0.2) is 6.29 Å². The Morgan fingerprint density at radius 3 is 2.46 bits per heavy atom. The number of aliphatic carboxylic acids is 2. The van der Waals surface area contributed by atoms with Crippen molar-refractivity contribution in [3.8, 4) is 0 Å². The molecule has 0 bridgehead atoms. The molecule has 7 atom stereocenters. The minimum Gasteiger partial charge on any atom is -0.480 e. The second-order valence-electron chi connectivity index (χ2n) is 9.21. The summed E-state index contributed by atoms with van der Waals surface area (Å²) in [4.78, 5) is 50.5. The van der Waals surface area contributed by atoms with Crippen LogP contribution in [0.5, 0.6) is 0 Å². The Morgan fingerprint density at radius 2 is 1.85 bits per heavy atom. The molecule has 2 heterocycles. The number of hydrogen-bond acceptors (Lipinski definition) is 13. The van der Waals surface area contributed by atoms with Crippen LogP contribution < -0.4 is 16.4 Å². The zero-order valence-corrected chi connectivity index (χ0v) is 22.8. The molecular weight excluding hydrogens is 568 g/mol. The van der Waals surface area contributed by atoms with Gasteiger partial charge in [-0.15, -0.1) is 0 Å². The third-order valence-corrected chi connectivity index (χ3v) is 7.06. The highest BCUT2D eigenvalue weighted by molar-refractivity contribution is 7.99.